The van der Waals surface area contributed by atoms with Crippen LogP contribution in [0.2, 0.25) is 0 Å². The van der Waals surface area contributed by atoms with Crippen molar-refractivity contribution >= 4 is 23.9 Å². The summed E-state index contributed by atoms with van der Waals surface area (Å²) < 4.78 is 0. The second-order valence-corrected chi connectivity index (χ2v) is 3.99. The maximum atomic E-state index is 12.0. The number of hydrogen-bond donors (Lipinski definition) is 3. The molecule has 3 N–H and O–H groups in total. The minimum absolute atomic E-state index is 0.0162. The van der Waals surface area contributed by atoms with Crippen LogP contribution in [0.1, 0.15) is 6.42 Å². The normalized spacial score (nSPS) is 18.3. The minimum atomic E-state index is -1.16. The quantitative estimate of drug-likeness (QED) is 0.624. The summed E-state index contributed by atoms with van der Waals surface area (Å²) in [5.74, 6) is -1.68. The van der Waals surface area contributed by atoms with Gasteiger partial charge in [0.25, 0.3) is 5.95 Å². The molecule has 0 bridgehead atoms. The Morgan fingerprint density at radius 3 is 2.95 bits per heavy atom. The Balaban J connectivity index is 2.09. The number of nitrogens with zero attached hydrogens (tertiary/aromatic N) is 4. The minimum Gasteiger partial charge on any atom is -0.481 e. The molecule has 1 fully saturated rings. The number of urea groups is 1. The number of hydrogen-bond acceptors (Lipinski definition) is 6. The van der Waals surface area contributed by atoms with Crippen molar-refractivity contribution in [2.45, 2.75) is 12.5 Å². The van der Waals surface area contributed by atoms with Crippen LogP contribution in [-0.4, -0.2) is 62.2 Å². The lowest BCUT2D eigenvalue weighted by Crippen LogP contribution is -2.58. The van der Waals surface area contributed by atoms with Gasteiger partial charge in [0.2, 0.25) is 5.91 Å². The Bertz CT molecular complexity index is 522. The van der Waals surface area contributed by atoms with E-state index >= 15 is 0 Å². The van der Waals surface area contributed by atoms with Crippen molar-refractivity contribution in [1.29, 1.82) is 0 Å². The number of carboxylic acid groups (broad SMARTS) is 1. The molecular weight excluding hydrogens is 268 g/mol. The average Bonchev–Trinajstić information content (AvgIpc) is 2.41. The first-order valence-electron chi connectivity index (χ1n) is 5.78. The summed E-state index contributed by atoms with van der Waals surface area (Å²) in [6, 6.07) is -1.70. The third kappa shape index (κ3) is 3.16. The lowest BCUT2D eigenvalue weighted by atomic mass is 10.1. The standard InChI is InChI=1S/C10H12N6O4/c17-7(18)5-6-8(19)11-3-4-16(6)10(20)14-9-12-1-2-13-15-9/h1-2,6H,3-5H2,(H,11,19)(H,17,18)(H,12,14,15,20). The van der Waals surface area contributed by atoms with E-state index in [-0.39, 0.29) is 19.0 Å². The number of rotatable bonds is 3. The molecule has 20 heavy (non-hydrogen) atoms. The van der Waals surface area contributed by atoms with Crippen molar-refractivity contribution < 1.29 is 19.5 Å². The van der Waals surface area contributed by atoms with Gasteiger partial charge in [-0.05, 0) is 0 Å². The average molecular weight is 280 g/mol. The third-order valence-electron chi connectivity index (χ3n) is 2.66. The van der Waals surface area contributed by atoms with Crippen LogP contribution in [0, 0.1) is 0 Å². The molecule has 0 saturated carbocycles. The highest BCUT2D eigenvalue weighted by Gasteiger charge is 2.34. The summed E-state index contributed by atoms with van der Waals surface area (Å²) in [5, 5.41) is 20.8. The number of nitrogens with one attached hydrogen (secondary N) is 2. The summed E-state index contributed by atoms with van der Waals surface area (Å²) in [6.07, 6.45) is 2.23. The molecule has 2 rings (SSSR count). The van der Waals surface area contributed by atoms with Crippen LogP contribution in [0.25, 0.3) is 0 Å². The van der Waals surface area contributed by atoms with Gasteiger partial charge < -0.3 is 15.3 Å². The molecule has 2 heterocycles. The number of piperazine rings is 1. The Hall–Kier alpha value is -2.78. The van der Waals surface area contributed by atoms with Crippen molar-refractivity contribution in [3.8, 4) is 0 Å². The number of amides is 3. The molecule has 0 aromatic carbocycles. The van der Waals surface area contributed by atoms with Crippen LogP contribution >= 0.6 is 0 Å². The summed E-state index contributed by atoms with van der Waals surface area (Å²) in [6.45, 7) is 0.464. The van der Waals surface area contributed by atoms with Crippen LogP contribution < -0.4 is 10.6 Å². The smallest absolute Gasteiger partial charge is 0.325 e. The van der Waals surface area contributed by atoms with Gasteiger partial charge in [-0.1, -0.05) is 0 Å². The van der Waals surface area contributed by atoms with Gasteiger partial charge in [-0.2, -0.15) is 5.10 Å². The van der Waals surface area contributed by atoms with Crippen molar-refractivity contribution in [3.63, 3.8) is 0 Å². The lowest BCUT2D eigenvalue weighted by molar-refractivity contribution is -0.142. The van der Waals surface area contributed by atoms with E-state index in [2.05, 4.69) is 25.8 Å². The molecular formula is C10H12N6O4. The van der Waals surface area contributed by atoms with Crippen molar-refractivity contribution in [2.75, 3.05) is 18.4 Å². The van der Waals surface area contributed by atoms with Gasteiger partial charge in [0.1, 0.15) is 6.04 Å². The van der Waals surface area contributed by atoms with Gasteiger partial charge in [-0.3, -0.25) is 14.9 Å². The Kier molecular flexibility index (Phi) is 4.03. The fraction of sp³-hybridized carbons (Fsp3) is 0.400. The first kappa shape index (κ1) is 13.6. The monoisotopic (exact) mass is 280 g/mol. The number of aliphatic carboxylic acids is 1. The summed E-state index contributed by atoms with van der Waals surface area (Å²) in [5.41, 5.74) is 0. The van der Waals surface area contributed by atoms with Gasteiger partial charge >= 0.3 is 12.0 Å². The molecule has 106 valence electrons. The number of carbonyl (C=O) groups is 3. The number of carboxylic acids is 1. The molecule has 10 nitrogen and oxygen atoms in total. The Morgan fingerprint density at radius 1 is 1.50 bits per heavy atom. The molecule has 1 saturated heterocycles. The van der Waals surface area contributed by atoms with Gasteiger partial charge in [0, 0.05) is 13.1 Å². The van der Waals surface area contributed by atoms with Gasteiger partial charge in [0.15, 0.2) is 0 Å². The van der Waals surface area contributed by atoms with Crippen LogP contribution in [0.4, 0.5) is 10.7 Å². The highest BCUT2D eigenvalue weighted by atomic mass is 16.4. The molecule has 3 amide bonds. The molecule has 0 spiro atoms. The highest BCUT2D eigenvalue weighted by molar-refractivity contribution is 5.95. The number of aromatic nitrogens is 3. The zero-order chi connectivity index (χ0) is 14.5. The van der Waals surface area contributed by atoms with E-state index in [1.807, 2.05) is 0 Å². The summed E-state index contributed by atoms with van der Waals surface area (Å²) in [4.78, 5) is 39.4. The zero-order valence-corrected chi connectivity index (χ0v) is 10.3. The zero-order valence-electron chi connectivity index (χ0n) is 10.3. The summed E-state index contributed by atoms with van der Waals surface area (Å²) >= 11 is 0. The highest BCUT2D eigenvalue weighted by Crippen LogP contribution is 2.10. The van der Waals surface area contributed by atoms with E-state index < -0.39 is 30.4 Å². The van der Waals surface area contributed by atoms with E-state index in [1.165, 1.54) is 12.4 Å². The first-order chi connectivity index (χ1) is 9.58. The predicted molar refractivity (Wildman–Crippen MR) is 64.6 cm³/mol. The molecule has 10 heteroatoms. The third-order valence-corrected chi connectivity index (χ3v) is 2.66. The largest absolute Gasteiger partial charge is 0.481 e. The second kappa shape index (κ2) is 5.91. The van der Waals surface area contributed by atoms with E-state index in [0.717, 1.165) is 4.90 Å². The fourth-order valence-corrected chi connectivity index (χ4v) is 1.80. The summed E-state index contributed by atoms with van der Waals surface area (Å²) in [7, 11) is 0. The molecule has 1 aliphatic rings. The Labute approximate surface area is 113 Å². The maximum absolute atomic E-state index is 12.0. The fourth-order valence-electron chi connectivity index (χ4n) is 1.80. The molecule has 1 unspecified atom stereocenters. The first-order valence-corrected chi connectivity index (χ1v) is 5.78. The predicted octanol–water partition coefficient (Wildman–Crippen LogP) is -1.32. The van der Waals surface area contributed by atoms with Gasteiger partial charge in [0.05, 0.1) is 18.8 Å². The molecule has 1 aromatic rings. The van der Waals surface area contributed by atoms with Gasteiger partial charge in [-0.15, -0.1) is 5.10 Å². The molecule has 0 aliphatic carbocycles. The van der Waals surface area contributed by atoms with E-state index in [4.69, 9.17) is 5.11 Å². The molecule has 0 radical (unpaired) electrons. The molecule has 1 aliphatic heterocycles. The van der Waals surface area contributed by atoms with E-state index in [9.17, 15) is 14.4 Å². The number of carbonyl (C=O) groups excluding carboxylic acids is 2. The topological polar surface area (TPSA) is 137 Å². The van der Waals surface area contributed by atoms with E-state index in [1.54, 1.807) is 0 Å². The van der Waals surface area contributed by atoms with Crippen LogP contribution in [0.3, 0.4) is 0 Å². The van der Waals surface area contributed by atoms with Crippen LogP contribution in [-0.2, 0) is 9.59 Å². The molecule has 1 aromatic heterocycles. The molecule has 1 atom stereocenters. The van der Waals surface area contributed by atoms with Gasteiger partial charge in [-0.25, -0.2) is 9.78 Å². The van der Waals surface area contributed by atoms with Crippen molar-refractivity contribution in [1.82, 2.24) is 25.4 Å². The van der Waals surface area contributed by atoms with E-state index in [0.29, 0.717) is 0 Å². The second-order valence-electron chi connectivity index (χ2n) is 3.99. The van der Waals surface area contributed by atoms with Crippen molar-refractivity contribution in [3.05, 3.63) is 12.4 Å². The van der Waals surface area contributed by atoms with Crippen LogP contribution in [0.15, 0.2) is 12.4 Å². The number of anilines is 1. The Morgan fingerprint density at radius 2 is 2.30 bits per heavy atom. The van der Waals surface area contributed by atoms with Crippen molar-refractivity contribution in [2.24, 2.45) is 0 Å². The van der Waals surface area contributed by atoms with Crippen LogP contribution in [0.5, 0.6) is 0 Å². The SMILES string of the molecule is O=C(O)CC1C(=O)NCCN1C(=O)Nc1nccnn1. The maximum Gasteiger partial charge on any atom is 0.325 e. The lowest BCUT2D eigenvalue weighted by Gasteiger charge is -2.33.